The van der Waals surface area contributed by atoms with Crippen molar-refractivity contribution in [3.8, 4) is 11.5 Å². The fourth-order valence-electron chi connectivity index (χ4n) is 1.86. The zero-order valence-electron chi connectivity index (χ0n) is 11.2. The standard InChI is InChI=1S/C13H16FN3O2/c1-17-8-10(15-16-17)5-4-9-6-12(18-2)13(19-3)7-11(9)14/h6-8H,4-5H2,1-3H3. The summed E-state index contributed by atoms with van der Waals surface area (Å²) in [4.78, 5) is 0. The number of benzene rings is 1. The number of rotatable bonds is 5. The van der Waals surface area contributed by atoms with Gasteiger partial charge >= 0.3 is 0 Å². The molecule has 6 heteroatoms. The molecule has 2 aromatic rings. The maximum absolute atomic E-state index is 13.9. The fraction of sp³-hybridized carbons (Fsp3) is 0.385. The van der Waals surface area contributed by atoms with Crippen LogP contribution >= 0.6 is 0 Å². The van der Waals surface area contributed by atoms with E-state index in [0.717, 1.165) is 5.69 Å². The Bertz CT molecular complexity index is 569. The van der Waals surface area contributed by atoms with Gasteiger partial charge in [-0.2, -0.15) is 0 Å². The molecule has 0 saturated carbocycles. The van der Waals surface area contributed by atoms with Crippen molar-refractivity contribution in [1.82, 2.24) is 15.0 Å². The van der Waals surface area contributed by atoms with Crippen LogP contribution in [0.5, 0.6) is 11.5 Å². The Balaban J connectivity index is 2.15. The molecule has 0 aliphatic heterocycles. The average Bonchev–Trinajstić information content (AvgIpc) is 2.82. The lowest BCUT2D eigenvalue weighted by atomic mass is 10.1. The molecule has 0 amide bonds. The van der Waals surface area contributed by atoms with Crippen LogP contribution < -0.4 is 9.47 Å². The van der Waals surface area contributed by atoms with E-state index in [9.17, 15) is 4.39 Å². The van der Waals surface area contributed by atoms with E-state index >= 15 is 0 Å². The topological polar surface area (TPSA) is 49.2 Å². The van der Waals surface area contributed by atoms with Crippen molar-refractivity contribution in [3.63, 3.8) is 0 Å². The summed E-state index contributed by atoms with van der Waals surface area (Å²) in [6, 6.07) is 3.00. The van der Waals surface area contributed by atoms with E-state index in [-0.39, 0.29) is 5.82 Å². The lowest BCUT2D eigenvalue weighted by molar-refractivity contribution is 0.351. The van der Waals surface area contributed by atoms with E-state index in [2.05, 4.69) is 10.3 Å². The first-order chi connectivity index (χ1) is 9.13. The van der Waals surface area contributed by atoms with Gasteiger partial charge in [0.1, 0.15) is 5.82 Å². The molecule has 1 aromatic heterocycles. The zero-order chi connectivity index (χ0) is 13.8. The first-order valence-corrected chi connectivity index (χ1v) is 5.89. The molecule has 0 aliphatic rings. The van der Waals surface area contributed by atoms with Crippen LogP contribution in [0, 0.1) is 5.82 Å². The molecule has 1 aromatic carbocycles. The first-order valence-electron chi connectivity index (χ1n) is 5.89. The van der Waals surface area contributed by atoms with Crippen LogP contribution in [0.25, 0.3) is 0 Å². The van der Waals surface area contributed by atoms with Gasteiger partial charge in [0.05, 0.1) is 19.9 Å². The van der Waals surface area contributed by atoms with Crippen LogP contribution in [-0.4, -0.2) is 29.2 Å². The highest BCUT2D eigenvalue weighted by atomic mass is 19.1. The summed E-state index contributed by atoms with van der Waals surface area (Å²) in [6.45, 7) is 0. The Labute approximate surface area is 111 Å². The van der Waals surface area contributed by atoms with Gasteiger partial charge in [0, 0.05) is 19.3 Å². The minimum atomic E-state index is -0.304. The Hall–Kier alpha value is -2.11. The molecular formula is C13H16FN3O2. The number of methoxy groups -OCH3 is 2. The molecule has 0 fully saturated rings. The smallest absolute Gasteiger partial charge is 0.163 e. The quantitative estimate of drug-likeness (QED) is 0.826. The Morgan fingerprint density at radius 2 is 1.84 bits per heavy atom. The van der Waals surface area contributed by atoms with Crippen LogP contribution in [0.15, 0.2) is 18.3 Å². The zero-order valence-corrected chi connectivity index (χ0v) is 11.2. The van der Waals surface area contributed by atoms with Gasteiger partial charge in [-0.1, -0.05) is 5.21 Å². The number of aromatic nitrogens is 3. The molecule has 0 unspecified atom stereocenters. The van der Waals surface area contributed by atoms with Crippen LogP contribution in [0.4, 0.5) is 4.39 Å². The lowest BCUT2D eigenvalue weighted by Crippen LogP contribution is -1.99. The van der Waals surface area contributed by atoms with E-state index in [1.165, 1.54) is 20.3 Å². The van der Waals surface area contributed by atoms with Gasteiger partial charge in [-0.05, 0) is 24.5 Å². The molecule has 0 spiro atoms. The minimum Gasteiger partial charge on any atom is -0.493 e. The summed E-state index contributed by atoms with van der Waals surface area (Å²) in [5.74, 6) is 0.614. The summed E-state index contributed by atoms with van der Waals surface area (Å²) in [5, 5.41) is 7.81. The first kappa shape index (κ1) is 13.3. The molecule has 5 nitrogen and oxygen atoms in total. The van der Waals surface area contributed by atoms with Crippen LogP contribution in [0.3, 0.4) is 0 Å². The van der Waals surface area contributed by atoms with Crippen molar-refractivity contribution in [2.45, 2.75) is 12.8 Å². The molecule has 1 heterocycles. The Kier molecular flexibility index (Phi) is 3.99. The molecular weight excluding hydrogens is 249 g/mol. The predicted molar refractivity (Wildman–Crippen MR) is 67.9 cm³/mol. The highest BCUT2D eigenvalue weighted by Crippen LogP contribution is 2.30. The summed E-state index contributed by atoms with van der Waals surface area (Å²) in [7, 11) is 4.81. The van der Waals surface area contributed by atoms with Gasteiger partial charge in [0.2, 0.25) is 0 Å². The van der Waals surface area contributed by atoms with E-state index in [1.807, 2.05) is 6.20 Å². The molecule has 0 saturated heterocycles. The number of hydrogen-bond donors (Lipinski definition) is 0. The van der Waals surface area contributed by atoms with E-state index in [1.54, 1.807) is 17.8 Å². The third kappa shape index (κ3) is 3.01. The Morgan fingerprint density at radius 1 is 1.16 bits per heavy atom. The minimum absolute atomic E-state index is 0.304. The monoisotopic (exact) mass is 265 g/mol. The van der Waals surface area contributed by atoms with Crippen molar-refractivity contribution >= 4 is 0 Å². The average molecular weight is 265 g/mol. The fourth-order valence-corrected chi connectivity index (χ4v) is 1.86. The van der Waals surface area contributed by atoms with Gasteiger partial charge in [-0.3, -0.25) is 4.68 Å². The SMILES string of the molecule is COc1cc(F)c(CCc2cn(C)nn2)cc1OC. The number of aryl methyl sites for hydroxylation is 3. The maximum atomic E-state index is 13.9. The highest BCUT2D eigenvalue weighted by Gasteiger charge is 2.11. The number of nitrogens with zero attached hydrogens (tertiary/aromatic N) is 3. The van der Waals surface area contributed by atoms with Crippen molar-refractivity contribution in [2.24, 2.45) is 7.05 Å². The molecule has 0 atom stereocenters. The van der Waals surface area contributed by atoms with Crippen molar-refractivity contribution < 1.29 is 13.9 Å². The third-order valence-electron chi connectivity index (χ3n) is 2.85. The van der Waals surface area contributed by atoms with Gasteiger partial charge in [-0.25, -0.2) is 4.39 Å². The molecule has 2 rings (SSSR count). The van der Waals surface area contributed by atoms with Crippen LogP contribution in [0.1, 0.15) is 11.3 Å². The molecule has 19 heavy (non-hydrogen) atoms. The lowest BCUT2D eigenvalue weighted by Gasteiger charge is -2.10. The summed E-state index contributed by atoms with van der Waals surface area (Å²) in [6.07, 6.45) is 2.98. The second kappa shape index (κ2) is 5.69. The molecule has 0 radical (unpaired) electrons. The third-order valence-corrected chi connectivity index (χ3v) is 2.85. The summed E-state index contributed by atoms with van der Waals surface area (Å²) in [5.41, 5.74) is 1.40. The molecule has 102 valence electrons. The van der Waals surface area contributed by atoms with Gasteiger partial charge in [0.25, 0.3) is 0 Å². The normalized spacial score (nSPS) is 10.5. The van der Waals surface area contributed by atoms with Gasteiger partial charge < -0.3 is 9.47 Å². The predicted octanol–water partition coefficient (Wildman–Crippen LogP) is 1.76. The van der Waals surface area contributed by atoms with E-state index < -0.39 is 0 Å². The number of halogens is 1. The van der Waals surface area contributed by atoms with E-state index in [4.69, 9.17) is 9.47 Å². The van der Waals surface area contributed by atoms with Gasteiger partial charge in [-0.15, -0.1) is 5.10 Å². The van der Waals surface area contributed by atoms with E-state index in [0.29, 0.717) is 29.9 Å². The van der Waals surface area contributed by atoms with Crippen LogP contribution in [0.2, 0.25) is 0 Å². The highest BCUT2D eigenvalue weighted by molar-refractivity contribution is 5.43. The largest absolute Gasteiger partial charge is 0.493 e. The van der Waals surface area contributed by atoms with Crippen molar-refractivity contribution in [1.29, 1.82) is 0 Å². The summed E-state index contributed by atoms with van der Waals surface area (Å²) < 4.78 is 25.7. The number of ether oxygens (including phenoxy) is 2. The summed E-state index contributed by atoms with van der Waals surface area (Å²) >= 11 is 0. The van der Waals surface area contributed by atoms with Crippen molar-refractivity contribution in [3.05, 3.63) is 35.4 Å². The molecule has 0 aliphatic carbocycles. The number of hydrogen-bond acceptors (Lipinski definition) is 4. The maximum Gasteiger partial charge on any atom is 0.163 e. The Morgan fingerprint density at radius 3 is 2.42 bits per heavy atom. The van der Waals surface area contributed by atoms with Gasteiger partial charge in [0.15, 0.2) is 11.5 Å². The second-order valence-corrected chi connectivity index (χ2v) is 4.18. The molecule has 0 N–H and O–H groups in total. The molecule has 0 bridgehead atoms. The van der Waals surface area contributed by atoms with Crippen molar-refractivity contribution in [2.75, 3.05) is 14.2 Å². The second-order valence-electron chi connectivity index (χ2n) is 4.18. The van der Waals surface area contributed by atoms with Crippen LogP contribution in [-0.2, 0) is 19.9 Å².